The van der Waals surface area contributed by atoms with E-state index in [9.17, 15) is 8.78 Å². The van der Waals surface area contributed by atoms with E-state index in [1.807, 2.05) is 30.1 Å². The van der Waals surface area contributed by atoms with Gasteiger partial charge in [-0.05, 0) is 61.6 Å². The summed E-state index contributed by atoms with van der Waals surface area (Å²) in [5, 5.41) is 7.04. The van der Waals surface area contributed by atoms with Crippen molar-refractivity contribution in [3.05, 3.63) is 83.1 Å². The molecule has 0 radical (unpaired) electrons. The molecule has 7 heteroatoms. The molecule has 0 saturated carbocycles. The number of nitrogens with zero attached hydrogens (tertiary/aromatic N) is 2. The van der Waals surface area contributed by atoms with E-state index >= 15 is 0 Å². The lowest BCUT2D eigenvalue weighted by molar-refractivity contribution is 0.116. The third-order valence-electron chi connectivity index (χ3n) is 5.62. The van der Waals surface area contributed by atoms with Crippen molar-refractivity contribution >= 4 is 16.8 Å². The zero-order valence-corrected chi connectivity index (χ0v) is 19.0. The van der Waals surface area contributed by atoms with Gasteiger partial charge in [-0.1, -0.05) is 49.5 Å². The van der Waals surface area contributed by atoms with E-state index in [0.29, 0.717) is 17.3 Å². The summed E-state index contributed by atoms with van der Waals surface area (Å²) >= 11 is 1.43. The number of ether oxygens (including phenoxy) is 1. The summed E-state index contributed by atoms with van der Waals surface area (Å²) < 4.78 is 34.1. The smallest absolute Gasteiger partial charge is 0.142 e. The van der Waals surface area contributed by atoms with Crippen LogP contribution < -0.4 is 5.73 Å². The number of hydrogen-bond acceptors (Lipinski definition) is 5. The first-order valence-electron chi connectivity index (χ1n) is 10.3. The molecule has 0 fully saturated rings. The van der Waals surface area contributed by atoms with E-state index in [0.717, 1.165) is 36.1 Å². The van der Waals surface area contributed by atoms with Crippen LogP contribution in [0.1, 0.15) is 36.5 Å². The van der Waals surface area contributed by atoms with Crippen LogP contribution in [0.25, 0.3) is 0 Å². The van der Waals surface area contributed by atoms with Crippen molar-refractivity contribution in [3.8, 4) is 0 Å². The van der Waals surface area contributed by atoms with Crippen LogP contribution in [-0.2, 0) is 9.61 Å². The molecule has 1 aliphatic rings. The van der Waals surface area contributed by atoms with Crippen molar-refractivity contribution in [3.63, 3.8) is 0 Å². The summed E-state index contributed by atoms with van der Waals surface area (Å²) in [6.45, 7) is 9.12. The Balaban J connectivity index is 2.25. The third-order valence-corrected chi connectivity index (χ3v) is 7.15. The highest BCUT2D eigenvalue weighted by Crippen LogP contribution is 2.56. The molecule has 0 aromatic heterocycles. The van der Waals surface area contributed by atoms with Crippen LogP contribution in [0, 0.1) is 24.5 Å². The Morgan fingerprint density at radius 2 is 2.03 bits per heavy atom. The van der Waals surface area contributed by atoms with Crippen molar-refractivity contribution in [2.45, 2.75) is 31.6 Å². The van der Waals surface area contributed by atoms with Crippen molar-refractivity contribution < 1.29 is 13.5 Å². The van der Waals surface area contributed by atoms with Gasteiger partial charge in [-0.25, -0.2) is 13.8 Å². The summed E-state index contributed by atoms with van der Waals surface area (Å²) in [7, 11) is 1.60. The SMILES string of the molecule is C=C(COC)N1N=C(c2cc(F)ccc2F)S[C@]1(c1ccccc1C)C(CC)CCN. The van der Waals surface area contributed by atoms with Gasteiger partial charge >= 0.3 is 0 Å². The van der Waals surface area contributed by atoms with Crippen LogP contribution in [-0.4, -0.2) is 30.3 Å². The number of benzene rings is 2. The number of hydrogen-bond donors (Lipinski definition) is 1. The molecular weight excluding hydrogens is 416 g/mol. The number of thioether (sulfide) groups is 1. The van der Waals surface area contributed by atoms with Gasteiger partial charge in [-0.2, -0.15) is 5.10 Å². The molecule has 1 unspecified atom stereocenters. The Hall–Kier alpha value is -2.22. The Labute approximate surface area is 187 Å². The van der Waals surface area contributed by atoms with Gasteiger partial charge in [0.25, 0.3) is 0 Å². The largest absolute Gasteiger partial charge is 0.378 e. The molecule has 1 aliphatic heterocycles. The molecule has 2 N–H and O–H groups in total. The molecule has 0 spiro atoms. The second-order valence-electron chi connectivity index (χ2n) is 7.64. The first-order valence-corrected chi connectivity index (χ1v) is 11.2. The summed E-state index contributed by atoms with van der Waals surface area (Å²) in [5.74, 6) is -0.947. The lowest BCUT2D eigenvalue weighted by atomic mass is 9.84. The van der Waals surface area contributed by atoms with E-state index in [1.54, 1.807) is 7.11 Å². The number of methoxy groups -OCH3 is 1. The Bertz CT molecular complexity index is 981. The zero-order valence-electron chi connectivity index (χ0n) is 18.2. The lowest BCUT2D eigenvalue weighted by Gasteiger charge is -2.44. The molecule has 4 nitrogen and oxygen atoms in total. The summed E-state index contributed by atoms with van der Waals surface area (Å²) in [5.41, 5.74) is 8.90. The van der Waals surface area contributed by atoms with Crippen LogP contribution in [0.4, 0.5) is 8.78 Å². The molecule has 1 heterocycles. The highest BCUT2D eigenvalue weighted by molar-refractivity contribution is 8.15. The molecule has 0 bridgehead atoms. The minimum atomic E-state index is -0.705. The Morgan fingerprint density at radius 1 is 1.29 bits per heavy atom. The molecule has 2 aromatic carbocycles. The van der Waals surface area contributed by atoms with Gasteiger partial charge < -0.3 is 10.5 Å². The molecule has 0 saturated heterocycles. The normalized spacial score (nSPS) is 19.4. The van der Waals surface area contributed by atoms with E-state index in [4.69, 9.17) is 15.6 Å². The quantitative estimate of drug-likeness (QED) is 0.564. The Morgan fingerprint density at radius 3 is 2.68 bits per heavy atom. The van der Waals surface area contributed by atoms with Gasteiger partial charge in [-0.3, -0.25) is 0 Å². The monoisotopic (exact) mass is 445 g/mol. The second kappa shape index (κ2) is 9.94. The lowest BCUT2D eigenvalue weighted by Crippen LogP contribution is -2.45. The fourth-order valence-electron chi connectivity index (χ4n) is 4.18. The van der Waals surface area contributed by atoms with Crippen molar-refractivity contribution in [2.75, 3.05) is 20.3 Å². The average Bonchev–Trinajstić information content (AvgIpc) is 3.15. The predicted molar refractivity (Wildman–Crippen MR) is 124 cm³/mol. The first-order chi connectivity index (χ1) is 14.9. The van der Waals surface area contributed by atoms with Gasteiger partial charge in [0.05, 0.1) is 12.3 Å². The highest BCUT2D eigenvalue weighted by atomic mass is 32.2. The minimum Gasteiger partial charge on any atom is -0.378 e. The van der Waals surface area contributed by atoms with E-state index in [-0.39, 0.29) is 18.1 Å². The maximum Gasteiger partial charge on any atom is 0.142 e. The van der Waals surface area contributed by atoms with Crippen LogP contribution in [0.3, 0.4) is 0 Å². The topological polar surface area (TPSA) is 50.8 Å². The fourth-order valence-corrected chi connectivity index (χ4v) is 5.91. The third kappa shape index (κ3) is 4.40. The van der Waals surface area contributed by atoms with Gasteiger partial charge in [0.2, 0.25) is 0 Å². The second-order valence-corrected chi connectivity index (χ2v) is 8.85. The van der Waals surface area contributed by atoms with Crippen molar-refractivity contribution in [2.24, 2.45) is 16.8 Å². The zero-order chi connectivity index (χ0) is 22.6. The van der Waals surface area contributed by atoms with Gasteiger partial charge in [0.15, 0.2) is 0 Å². The van der Waals surface area contributed by atoms with Gasteiger partial charge in [-0.15, -0.1) is 0 Å². The van der Waals surface area contributed by atoms with Crippen molar-refractivity contribution in [1.29, 1.82) is 0 Å². The molecule has 2 atom stereocenters. The molecule has 166 valence electrons. The molecule has 0 aliphatic carbocycles. The molecule has 0 amide bonds. The molecular formula is C24H29F2N3OS. The van der Waals surface area contributed by atoms with Crippen LogP contribution in [0.15, 0.2) is 59.8 Å². The number of aryl methyl sites for hydroxylation is 1. The van der Waals surface area contributed by atoms with Gasteiger partial charge in [0, 0.05) is 12.7 Å². The maximum atomic E-state index is 14.7. The molecule has 2 aromatic rings. The van der Waals surface area contributed by atoms with Crippen LogP contribution in [0.5, 0.6) is 0 Å². The number of halogens is 2. The minimum absolute atomic E-state index is 0.0788. The fraction of sp³-hybridized carbons (Fsp3) is 0.375. The Kier molecular flexibility index (Phi) is 7.51. The van der Waals surface area contributed by atoms with E-state index in [1.165, 1.54) is 17.8 Å². The highest BCUT2D eigenvalue weighted by Gasteiger charge is 2.52. The summed E-state index contributed by atoms with van der Waals surface area (Å²) in [6.07, 6.45) is 1.56. The first kappa shape index (κ1) is 23.4. The van der Waals surface area contributed by atoms with Crippen LogP contribution in [0.2, 0.25) is 0 Å². The summed E-state index contributed by atoms with van der Waals surface area (Å²) in [6, 6.07) is 11.5. The van der Waals surface area contributed by atoms with E-state index < -0.39 is 16.5 Å². The van der Waals surface area contributed by atoms with E-state index in [2.05, 4.69) is 19.6 Å². The average molecular weight is 446 g/mol. The number of nitrogens with two attached hydrogens (primary N) is 1. The number of hydrazone groups is 1. The predicted octanol–water partition coefficient (Wildman–Crippen LogP) is 5.37. The molecule has 3 rings (SSSR count). The molecule has 31 heavy (non-hydrogen) atoms. The van der Waals surface area contributed by atoms with Gasteiger partial charge in [0.1, 0.15) is 21.5 Å². The number of rotatable bonds is 9. The summed E-state index contributed by atoms with van der Waals surface area (Å²) in [4.78, 5) is -0.705. The van der Waals surface area contributed by atoms with Crippen molar-refractivity contribution in [1.82, 2.24) is 5.01 Å². The van der Waals surface area contributed by atoms with Crippen LogP contribution >= 0.6 is 11.8 Å². The maximum absolute atomic E-state index is 14.7. The standard InChI is InChI=1S/C24H29F2N3OS/c1-5-18(12-13-27)24(21-9-7-6-8-16(21)2)29(17(3)15-30-4)28-23(31-24)20-14-19(25)10-11-22(20)26/h6-11,14,18H,3,5,12-13,15,27H2,1-2,4H3/t18?,24-/m0/s1.